The van der Waals surface area contributed by atoms with Gasteiger partial charge in [0.2, 0.25) is 72.3 Å². The fourth-order valence-electron chi connectivity index (χ4n) is 16.1. The molecule has 0 saturated carbocycles. The van der Waals surface area contributed by atoms with Gasteiger partial charge in [0.25, 0.3) is 11.8 Å². The number of nitrogens with zero attached hydrogens (tertiary/aromatic N) is 8. The van der Waals surface area contributed by atoms with Crippen LogP contribution < -0.4 is 88.3 Å². The maximum Gasteiger partial charge on any atom is 0.323 e. The number of aliphatic hydroxyl groups is 1. The molecule has 4 aromatic heterocycles. The first-order valence-electron chi connectivity index (χ1n) is 46.8. The van der Waals surface area contributed by atoms with Crippen molar-refractivity contribution in [1.29, 1.82) is 0 Å². The number of carbonyl (C=O) groups excluding carboxylic acids is 9. The number of hydrogen-bond acceptors (Lipinski definition) is 30. The van der Waals surface area contributed by atoms with E-state index in [1.54, 1.807) is 118 Å². The van der Waals surface area contributed by atoms with E-state index in [4.69, 9.17) is 9.47 Å². The molecule has 2 unspecified atom stereocenters. The van der Waals surface area contributed by atoms with E-state index in [9.17, 15) is 114 Å². The molecule has 4 aromatic carbocycles. The molecule has 1 fully saturated rings. The van der Waals surface area contributed by atoms with Gasteiger partial charge in [-0.3, -0.25) is 91.5 Å². The Morgan fingerprint density at radius 2 is 0.821 bits per heavy atom. The number of carboxylic acid groups (broad SMARTS) is 4. The fraction of sp³-hybridized carbons (Fsp3) is 0.457. The zero-order valence-electron chi connectivity index (χ0n) is 81.7. The topological polar surface area (TPSA) is 681 Å². The number of aliphatic carboxylic acids is 4. The van der Waals surface area contributed by atoms with Crippen molar-refractivity contribution >= 4 is 131 Å². The Hall–Kier alpha value is -14.8. The molecule has 1 aliphatic heterocycles. The van der Waals surface area contributed by atoms with Crippen LogP contribution in [-0.2, 0) is 100.0 Å². The molecule has 20 N–H and O–H groups in total. The van der Waals surface area contributed by atoms with Crippen molar-refractivity contribution in [1.82, 2.24) is 106 Å². The Bertz CT molecular complexity index is 6280. The number of amides is 9. The Balaban J connectivity index is 0.728. The molecule has 51 heteroatoms. The molecule has 0 bridgehead atoms. The molecule has 1 saturated heterocycles. The van der Waals surface area contributed by atoms with Crippen LogP contribution in [0, 0.1) is 27.7 Å². The van der Waals surface area contributed by atoms with Crippen molar-refractivity contribution in [2.75, 3.05) is 142 Å². The number of benzene rings is 4. The van der Waals surface area contributed by atoms with Crippen LogP contribution >= 0.6 is 0 Å². The normalized spacial score (nSPS) is 14.1. The van der Waals surface area contributed by atoms with Crippen molar-refractivity contribution in [2.45, 2.75) is 146 Å². The summed E-state index contributed by atoms with van der Waals surface area (Å²) in [7, 11) is -5.93. The van der Waals surface area contributed by atoms with Gasteiger partial charge in [-0.05, 0) is 142 Å². The van der Waals surface area contributed by atoms with E-state index in [1.807, 2.05) is 0 Å². The summed E-state index contributed by atoms with van der Waals surface area (Å²) in [4.78, 5) is 219. The number of aromatic nitrogens is 6. The molecule has 0 aliphatic carbocycles. The van der Waals surface area contributed by atoms with Crippen LogP contribution in [0.1, 0.15) is 119 Å². The number of aryl methyl sites for hydroxylation is 6. The van der Waals surface area contributed by atoms with Gasteiger partial charge in [0.15, 0.2) is 11.9 Å². The van der Waals surface area contributed by atoms with Gasteiger partial charge >= 0.3 is 23.9 Å². The summed E-state index contributed by atoms with van der Waals surface area (Å²) in [6, 6.07) is 8.00. The molecule has 0 spiro atoms. The molecular formula is C94H127N23O26S2. The predicted molar refractivity (Wildman–Crippen MR) is 530 cm³/mol. The number of carboxylic acids is 4. The van der Waals surface area contributed by atoms with Crippen LogP contribution in [0.4, 0.5) is 11.9 Å². The van der Waals surface area contributed by atoms with Crippen molar-refractivity contribution in [3.63, 3.8) is 0 Å². The lowest BCUT2D eigenvalue weighted by Gasteiger charge is -2.33. The molecular weight excluding hydrogens is 1930 g/mol. The number of sulfonamides is 2. The third kappa shape index (κ3) is 35.1. The van der Waals surface area contributed by atoms with Gasteiger partial charge in [0.1, 0.15) is 52.8 Å². The minimum Gasteiger partial charge on any atom is -0.512 e. The van der Waals surface area contributed by atoms with Gasteiger partial charge in [-0.2, -0.15) is 9.44 Å². The number of ether oxygens (including phenoxy) is 2. The largest absolute Gasteiger partial charge is 0.512 e. The summed E-state index contributed by atoms with van der Waals surface area (Å²) >= 11 is 0. The van der Waals surface area contributed by atoms with E-state index in [0.717, 1.165) is 11.1 Å². The number of nitrogens with one attached hydrogen (secondary N) is 15. The molecule has 5 atom stereocenters. The second kappa shape index (κ2) is 54.6. The highest BCUT2D eigenvalue weighted by atomic mass is 32.2. The number of rotatable bonds is 55. The highest BCUT2D eigenvalue weighted by Gasteiger charge is 2.35. The fourth-order valence-corrected chi connectivity index (χ4v) is 19.4. The Kier molecular flexibility index (Phi) is 42.9. The zero-order valence-corrected chi connectivity index (χ0v) is 83.4. The third-order valence-corrected chi connectivity index (χ3v) is 27.0. The average molecular weight is 2060 g/mol. The van der Waals surface area contributed by atoms with Crippen LogP contribution in [0.5, 0.6) is 11.5 Å². The molecule has 9 rings (SSSR count). The average Bonchev–Trinajstić information content (AvgIpc) is 1.18. The summed E-state index contributed by atoms with van der Waals surface area (Å²) in [6.45, 7) is 11.5. The zero-order chi connectivity index (χ0) is 106. The van der Waals surface area contributed by atoms with Crippen molar-refractivity contribution < 1.29 is 114 Å². The molecule has 49 nitrogen and oxygen atoms in total. The Morgan fingerprint density at radius 1 is 0.448 bits per heavy atom. The lowest BCUT2D eigenvalue weighted by molar-refractivity contribution is -0.139. The van der Waals surface area contributed by atoms with Gasteiger partial charge < -0.3 is 113 Å². The number of aliphatic hydroxyl groups excluding tert-OH is 1. The number of H-pyrrole nitrogens is 2. The van der Waals surface area contributed by atoms with Crippen molar-refractivity contribution in [3.05, 3.63) is 175 Å². The summed E-state index contributed by atoms with van der Waals surface area (Å²) < 4.78 is 74.6. The van der Waals surface area contributed by atoms with E-state index >= 15 is 0 Å². The van der Waals surface area contributed by atoms with E-state index in [1.165, 1.54) is 64.4 Å². The number of imidazole rings is 2. The molecule has 5 heterocycles. The predicted octanol–water partition coefficient (Wildman–Crippen LogP) is -0.382. The number of aromatic amines is 2. The van der Waals surface area contributed by atoms with Gasteiger partial charge in [0.05, 0.1) is 66.0 Å². The Morgan fingerprint density at radius 3 is 1.19 bits per heavy atom. The number of anilines is 2. The maximum atomic E-state index is 14.5. The standard InChI is InChI=1S/C94H127N23O26S2/c1-10-69(88(131)97-24-22-95-76(119)14-12-38-142-63-40-56(3)84(57(4)41-63)144(138,139)110-72(91(134)135)48-103-86(129)67-51-112(8)74-44-61(16-18-65(74)82(67)127)46-105-93-99-26-27-100-93)107-78(121)21-20-71(108-79(122)53-115-32-36-116(54-80(123)124)34-30-114(50-60(7)118)31-35-117(37-33-115)55-81(125)126)90(133)109-70(11-2)89(132)98-25-23-96-77(120)15-13-39-143-64-42-58(5)85(59(6)43-64)145(140,141)111-73(92(136)137)49-104-87(130)68-52-113(9)75-45-62(17-19-66(75)83(68)128)47-106-94-101-28-29-102-94/h16-19,26-29,40-45,51-52,69-73,110-111,118H,7,10-15,20-25,30-39,46-50,53-55H2,1-6,8-9H3,(H,95,119)(H,96,120)(H,97,131)(H,98,132)(H,103,129)(H,104,130)(H,107,121)(H,108,122)(H,109,133)(H,123,124)(H,125,126)(H,134,135)(H,136,137)(H2,99,100,105)(H2,101,102,106)/t69?,70?,71-,72-,73-/m0/s1. The second-order valence-corrected chi connectivity index (χ2v) is 38.1. The second-order valence-electron chi connectivity index (χ2n) is 34.8. The molecule has 145 heavy (non-hydrogen) atoms. The van der Waals surface area contributed by atoms with Gasteiger partial charge in [-0.15, -0.1) is 0 Å². The first kappa shape index (κ1) is 114. The van der Waals surface area contributed by atoms with Crippen molar-refractivity contribution in [2.24, 2.45) is 14.1 Å². The number of hydrogen-bond donors (Lipinski definition) is 20. The third-order valence-electron chi connectivity index (χ3n) is 23.4. The van der Waals surface area contributed by atoms with E-state index < -0.39 is 184 Å². The van der Waals surface area contributed by atoms with E-state index in [0.29, 0.717) is 36.0 Å². The van der Waals surface area contributed by atoms with E-state index in [2.05, 4.69) is 94.4 Å². The van der Waals surface area contributed by atoms with Crippen LogP contribution in [-0.4, -0.2) is 329 Å². The maximum absolute atomic E-state index is 14.5. The lowest BCUT2D eigenvalue weighted by atomic mass is 10.1. The SMILES string of the molecule is C=C(O)CN1CCN(CC(=O)O)CCN(CC(=O)N[C@@H](CCC(=O)NC(CC)C(=O)NCCNC(=O)CCCOc2cc(C)c(S(=O)(=O)N[C@@H](CNC(=O)c3cn(C)c4cc(CNc5ncc[nH]5)ccc4c3=O)C(=O)O)c(C)c2)C(=O)NC(CC)C(=O)NCCNC(=O)CCCOc2cc(C)c(S(=O)(=O)N[C@@H](CNC(=O)c3cn(C)c4cc(CNc5ncc[nH]5)ccc4c3=O)C(=O)O)c(C)c2)CCN(CC(=O)O)CC1. The highest BCUT2D eigenvalue weighted by molar-refractivity contribution is 7.90. The molecule has 0 radical (unpaired) electrons. The van der Waals surface area contributed by atoms with E-state index in [-0.39, 0.29) is 208 Å². The minimum atomic E-state index is -4.59. The van der Waals surface area contributed by atoms with Crippen LogP contribution in [0.15, 0.2) is 130 Å². The summed E-state index contributed by atoms with van der Waals surface area (Å²) in [5.41, 5.74) is 1.41. The molecule has 1 aliphatic rings. The highest BCUT2D eigenvalue weighted by Crippen LogP contribution is 2.29. The molecule has 9 amide bonds. The van der Waals surface area contributed by atoms with Gasteiger partial charge in [-0.1, -0.05) is 32.6 Å². The van der Waals surface area contributed by atoms with Crippen LogP contribution in [0.3, 0.4) is 0 Å². The van der Waals surface area contributed by atoms with Crippen LogP contribution in [0.2, 0.25) is 0 Å². The van der Waals surface area contributed by atoms with Crippen LogP contribution in [0.25, 0.3) is 21.8 Å². The smallest absolute Gasteiger partial charge is 0.323 e. The quantitative estimate of drug-likeness (QED) is 0.0171. The molecule has 786 valence electrons. The summed E-state index contributed by atoms with van der Waals surface area (Å²) in [5, 5.41) is 80.0. The number of carbonyl (C=O) groups is 13. The Labute approximate surface area is 835 Å². The first-order valence-corrected chi connectivity index (χ1v) is 49.8. The summed E-state index contributed by atoms with van der Waals surface area (Å²) in [6.07, 6.45) is 8.46. The first-order chi connectivity index (χ1) is 68.9. The molecule has 8 aromatic rings. The minimum absolute atomic E-state index is 0.00458. The monoisotopic (exact) mass is 2060 g/mol. The number of pyridine rings is 2. The summed E-state index contributed by atoms with van der Waals surface area (Å²) in [5.74, 6) is -10.7. The number of fused-ring (bicyclic) bond motifs is 2. The van der Waals surface area contributed by atoms with Gasteiger partial charge in [0, 0.05) is 186 Å². The van der Waals surface area contributed by atoms with Crippen molar-refractivity contribution in [3.8, 4) is 11.5 Å². The van der Waals surface area contributed by atoms with Gasteiger partial charge in [-0.25, -0.2) is 26.8 Å². The lowest BCUT2D eigenvalue weighted by Crippen LogP contribution is -2.55.